The Kier molecular flexibility index (Phi) is 2.77. The van der Waals surface area contributed by atoms with Gasteiger partial charge in [-0.1, -0.05) is 36.8 Å². The molecule has 1 N–H and O–H groups in total. The standard InChI is InChI=1S/C18H22N2O3/c1-22-15-17-10-13-8-5-9-18(13,19-15)16(21)20(17)14(23-11-17)12-6-3-2-4-7-12/h2-4,6-7,13-15,19H,5,8-11H2,1H3/t13-,14-,15?,17?,18?/m1/s1. The SMILES string of the molecule is COC1NC23CCC[C@@H]2CC12CO[C@H](c1ccccc1)N2C3=O. The molecule has 1 saturated carbocycles. The van der Waals surface area contributed by atoms with Crippen LogP contribution in [0.5, 0.6) is 0 Å². The van der Waals surface area contributed by atoms with Crippen LogP contribution in [-0.2, 0) is 14.3 Å². The van der Waals surface area contributed by atoms with E-state index in [1.807, 2.05) is 35.2 Å². The van der Waals surface area contributed by atoms with Gasteiger partial charge in [-0.3, -0.25) is 15.0 Å². The molecule has 5 atom stereocenters. The average molecular weight is 314 g/mol. The van der Waals surface area contributed by atoms with Gasteiger partial charge in [0, 0.05) is 12.7 Å². The van der Waals surface area contributed by atoms with Crippen molar-refractivity contribution in [2.45, 2.75) is 49.2 Å². The van der Waals surface area contributed by atoms with E-state index in [0.717, 1.165) is 31.2 Å². The first kappa shape index (κ1) is 14.0. The number of fused-ring (bicyclic) bond motifs is 1. The van der Waals surface area contributed by atoms with E-state index in [2.05, 4.69) is 5.32 Å². The van der Waals surface area contributed by atoms with Crippen molar-refractivity contribution in [1.82, 2.24) is 10.2 Å². The molecule has 0 aromatic heterocycles. The van der Waals surface area contributed by atoms with E-state index in [1.165, 1.54) is 0 Å². The summed E-state index contributed by atoms with van der Waals surface area (Å²) >= 11 is 0. The van der Waals surface area contributed by atoms with Gasteiger partial charge in [0.25, 0.3) is 0 Å². The molecule has 2 bridgehead atoms. The Bertz CT molecular complexity index is 651. The van der Waals surface area contributed by atoms with Gasteiger partial charge in [0.05, 0.1) is 6.61 Å². The van der Waals surface area contributed by atoms with Crippen molar-refractivity contribution in [3.05, 3.63) is 35.9 Å². The molecule has 1 amide bonds. The van der Waals surface area contributed by atoms with Gasteiger partial charge < -0.3 is 9.47 Å². The van der Waals surface area contributed by atoms with Crippen LogP contribution in [-0.4, -0.2) is 41.8 Å². The molecule has 6 rings (SSSR count). The summed E-state index contributed by atoms with van der Waals surface area (Å²) in [5, 5.41) is 3.57. The third kappa shape index (κ3) is 1.55. The van der Waals surface area contributed by atoms with Gasteiger partial charge in [0.1, 0.15) is 17.3 Å². The largest absolute Gasteiger partial charge is 0.364 e. The number of nitrogens with zero attached hydrogens (tertiary/aromatic N) is 1. The summed E-state index contributed by atoms with van der Waals surface area (Å²) in [5.41, 5.74) is 0.234. The molecule has 1 aromatic carbocycles. The molecule has 2 spiro atoms. The lowest BCUT2D eigenvalue weighted by Crippen LogP contribution is -2.82. The van der Waals surface area contributed by atoms with Gasteiger partial charge in [-0.2, -0.15) is 0 Å². The van der Waals surface area contributed by atoms with E-state index in [0.29, 0.717) is 12.5 Å². The van der Waals surface area contributed by atoms with E-state index >= 15 is 0 Å². The number of ether oxygens (including phenoxy) is 2. The van der Waals surface area contributed by atoms with Crippen LogP contribution in [0.25, 0.3) is 0 Å². The van der Waals surface area contributed by atoms with Crippen molar-refractivity contribution in [3.8, 4) is 0 Å². The van der Waals surface area contributed by atoms with Crippen molar-refractivity contribution in [2.24, 2.45) is 5.92 Å². The van der Waals surface area contributed by atoms with Crippen LogP contribution in [0.4, 0.5) is 0 Å². The van der Waals surface area contributed by atoms with E-state index in [-0.39, 0.29) is 23.9 Å². The summed E-state index contributed by atoms with van der Waals surface area (Å²) in [6, 6.07) is 10.1. The zero-order chi connectivity index (χ0) is 15.7. The summed E-state index contributed by atoms with van der Waals surface area (Å²) in [6.45, 7) is 0.538. The molecule has 5 nitrogen and oxygen atoms in total. The number of rotatable bonds is 2. The van der Waals surface area contributed by atoms with Gasteiger partial charge in [-0.15, -0.1) is 0 Å². The fraction of sp³-hybridized carbons (Fsp3) is 0.611. The van der Waals surface area contributed by atoms with Crippen LogP contribution in [0, 0.1) is 5.92 Å². The molecule has 5 fully saturated rings. The third-order valence-corrected chi connectivity index (χ3v) is 6.42. The minimum atomic E-state index is -0.441. The van der Waals surface area contributed by atoms with Gasteiger partial charge >= 0.3 is 0 Å². The van der Waals surface area contributed by atoms with Crippen molar-refractivity contribution < 1.29 is 14.3 Å². The van der Waals surface area contributed by atoms with Gasteiger partial charge in [0.2, 0.25) is 5.91 Å². The molecule has 4 heterocycles. The molecule has 1 aromatic rings. The van der Waals surface area contributed by atoms with Crippen molar-refractivity contribution in [3.63, 3.8) is 0 Å². The highest BCUT2D eigenvalue weighted by Gasteiger charge is 2.72. The van der Waals surface area contributed by atoms with E-state index in [4.69, 9.17) is 9.47 Å². The Morgan fingerprint density at radius 3 is 2.96 bits per heavy atom. The summed E-state index contributed by atoms with van der Waals surface area (Å²) < 4.78 is 11.9. The molecule has 0 radical (unpaired) electrons. The van der Waals surface area contributed by atoms with E-state index in [1.54, 1.807) is 7.11 Å². The van der Waals surface area contributed by atoms with Gasteiger partial charge in [0.15, 0.2) is 6.23 Å². The summed E-state index contributed by atoms with van der Waals surface area (Å²) in [5.74, 6) is 0.627. The zero-order valence-corrected chi connectivity index (χ0v) is 13.3. The summed E-state index contributed by atoms with van der Waals surface area (Å²) in [4.78, 5) is 15.4. The monoisotopic (exact) mass is 314 g/mol. The first-order chi connectivity index (χ1) is 11.2. The van der Waals surface area contributed by atoms with Crippen LogP contribution in [0.3, 0.4) is 0 Å². The van der Waals surface area contributed by atoms with Crippen LogP contribution < -0.4 is 5.32 Å². The number of hydrogen-bond donors (Lipinski definition) is 1. The minimum absolute atomic E-state index is 0.150. The second kappa shape index (κ2) is 4.56. The smallest absolute Gasteiger partial charge is 0.246 e. The maximum atomic E-state index is 13.4. The average Bonchev–Trinajstić information content (AvgIpc) is 3.18. The Balaban J connectivity index is 1.63. The number of benzene rings is 1. The molecule has 23 heavy (non-hydrogen) atoms. The predicted octanol–water partition coefficient (Wildman–Crippen LogP) is 1.80. The highest BCUT2D eigenvalue weighted by Crippen LogP contribution is 2.58. The van der Waals surface area contributed by atoms with Crippen LogP contribution in [0.2, 0.25) is 0 Å². The van der Waals surface area contributed by atoms with Crippen LogP contribution in [0.15, 0.2) is 30.3 Å². The number of piperidine rings is 2. The fourth-order valence-electron chi connectivity index (χ4n) is 5.41. The maximum absolute atomic E-state index is 13.4. The quantitative estimate of drug-likeness (QED) is 0.904. The molecular formula is C18H22N2O3. The fourth-order valence-corrected chi connectivity index (χ4v) is 5.41. The number of piperazine rings is 1. The summed E-state index contributed by atoms with van der Waals surface area (Å²) in [7, 11) is 1.73. The van der Waals surface area contributed by atoms with Crippen molar-refractivity contribution in [2.75, 3.05) is 13.7 Å². The third-order valence-electron chi connectivity index (χ3n) is 6.42. The number of carbonyl (C=O) groups is 1. The molecular weight excluding hydrogens is 292 g/mol. The molecule has 1 aliphatic carbocycles. The van der Waals surface area contributed by atoms with E-state index < -0.39 is 5.54 Å². The molecule has 5 heteroatoms. The zero-order valence-electron chi connectivity index (χ0n) is 13.3. The molecule has 4 saturated heterocycles. The van der Waals surface area contributed by atoms with Gasteiger partial charge in [-0.05, 0) is 25.2 Å². The van der Waals surface area contributed by atoms with Crippen LogP contribution in [0.1, 0.15) is 37.5 Å². The molecule has 4 aliphatic heterocycles. The number of nitrogens with one attached hydrogen (secondary N) is 1. The first-order valence-electron chi connectivity index (χ1n) is 8.52. The molecule has 5 aliphatic rings. The molecule has 122 valence electrons. The normalized spacial score (nSPS) is 44.5. The van der Waals surface area contributed by atoms with Crippen molar-refractivity contribution >= 4 is 5.91 Å². The lowest BCUT2D eigenvalue weighted by atomic mass is 9.66. The lowest BCUT2D eigenvalue weighted by molar-refractivity contribution is -0.195. The maximum Gasteiger partial charge on any atom is 0.246 e. The Morgan fingerprint density at radius 1 is 1.35 bits per heavy atom. The number of amides is 1. The number of hydrogen-bond acceptors (Lipinski definition) is 4. The number of methoxy groups -OCH3 is 1. The van der Waals surface area contributed by atoms with Crippen molar-refractivity contribution in [1.29, 1.82) is 0 Å². The Hall–Kier alpha value is -1.43. The topological polar surface area (TPSA) is 50.8 Å². The minimum Gasteiger partial charge on any atom is -0.364 e. The highest BCUT2D eigenvalue weighted by atomic mass is 16.5. The summed E-state index contributed by atoms with van der Waals surface area (Å²) in [6.07, 6.45) is 3.68. The molecule has 3 unspecified atom stereocenters. The Labute approximate surface area is 135 Å². The van der Waals surface area contributed by atoms with E-state index in [9.17, 15) is 4.79 Å². The lowest BCUT2D eigenvalue weighted by Gasteiger charge is -2.61. The highest BCUT2D eigenvalue weighted by molar-refractivity contribution is 5.91. The van der Waals surface area contributed by atoms with Crippen LogP contribution >= 0.6 is 0 Å². The second-order valence-electron chi connectivity index (χ2n) is 7.38. The second-order valence-corrected chi connectivity index (χ2v) is 7.38. The van der Waals surface area contributed by atoms with Gasteiger partial charge in [-0.25, -0.2) is 0 Å². The predicted molar refractivity (Wildman–Crippen MR) is 83.3 cm³/mol. The number of carbonyl (C=O) groups excluding carboxylic acids is 1. The Morgan fingerprint density at radius 2 is 2.17 bits per heavy atom. The first-order valence-corrected chi connectivity index (χ1v) is 8.52.